The highest BCUT2D eigenvalue weighted by molar-refractivity contribution is 9.10. The van der Waals surface area contributed by atoms with Crippen LogP contribution in [0.2, 0.25) is 0 Å². The van der Waals surface area contributed by atoms with Crippen LogP contribution in [0.25, 0.3) is 0 Å². The number of terminal acetylenes is 1. The molecule has 0 saturated carbocycles. The quantitative estimate of drug-likeness (QED) is 0.251. The molecule has 2 N–H and O–H groups in total. The van der Waals surface area contributed by atoms with E-state index in [2.05, 4.69) is 32.6 Å². The molecule has 4 aromatic rings. The van der Waals surface area contributed by atoms with E-state index in [1.165, 1.54) is 5.01 Å². The lowest BCUT2D eigenvalue weighted by atomic mass is 10.0. The van der Waals surface area contributed by atoms with Crippen LogP contribution >= 0.6 is 15.9 Å². The first-order valence-corrected chi connectivity index (χ1v) is 13.0. The summed E-state index contributed by atoms with van der Waals surface area (Å²) in [6.45, 7) is 0.521. The number of carbonyl (C=O) groups is 2. The number of anilines is 1. The molecule has 0 aliphatic carbocycles. The maximum atomic E-state index is 13.6. The van der Waals surface area contributed by atoms with E-state index in [1.807, 2.05) is 48.5 Å². The average molecular weight is 582 g/mol. The SMILES string of the molecule is C#CCOc1ccc(Br)c(C2Nc3ccccc3C(=O)N2NC(=O)c2ccc(OCc3ccccc3)cc2)c1. The van der Waals surface area contributed by atoms with Crippen LogP contribution in [0.15, 0.2) is 102 Å². The Hall–Kier alpha value is -4.74. The van der Waals surface area contributed by atoms with Gasteiger partial charge in [0.15, 0.2) is 0 Å². The summed E-state index contributed by atoms with van der Waals surface area (Å²) in [7, 11) is 0. The smallest absolute Gasteiger partial charge is 0.276 e. The molecule has 0 aromatic heterocycles. The van der Waals surface area contributed by atoms with Crippen molar-refractivity contribution in [2.24, 2.45) is 0 Å². The highest BCUT2D eigenvalue weighted by Gasteiger charge is 2.35. The Labute approximate surface area is 234 Å². The van der Waals surface area contributed by atoms with Gasteiger partial charge in [0.25, 0.3) is 11.8 Å². The van der Waals surface area contributed by atoms with E-state index in [9.17, 15) is 9.59 Å². The minimum Gasteiger partial charge on any atom is -0.489 e. The number of amides is 2. The first-order chi connectivity index (χ1) is 19.0. The standard InChI is InChI=1S/C31H24BrN3O4/c1-2-18-38-24-16-17-27(32)26(19-24)29-33-28-11-7-6-10-25(28)31(37)35(29)34-30(36)22-12-14-23(15-13-22)39-20-21-8-4-3-5-9-21/h1,3-17,19,29,33H,18,20H2,(H,34,36). The number of benzene rings is 4. The Balaban J connectivity index is 1.38. The van der Waals surface area contributed by atoms with Crippen LogP contribution in [0, 0.1) is 12.3 Å². The number of nitrogens with zero attached hydrogens (tertiary/aromatic N) is 1. The van der Waals surface area contributed by atoms with Gasteiger partial charge in [0, 0.05) is 21.3 Å². The Morgan fingerprint density at radius 2 is 1.67 bits per heavy atom. The molecule has 0 spiro atoms. The lowest BCUT2D eigenvalue weighted by molar-refractivity contribution is 0.0490. The molecule has 0 saturated heterocycles. The van der Waals surface area contributed by atoms with E-state index in [0.29, 0.717) is 40.5 Å². The summed E-state index contributed by atoms with van der Waals surface area (Å²) in [6, 6.07) is 29.1. The van der Waals surface area contributed by atoms with E-state index in [1.54, 1.807) is 48.5 Å². The Morgan fingerprint density at radius 3 is 2.44 bits per heavy atom. The van der Waals surface area contributed by atoms with E-state index in [-0.39, 0.29) is 12.5 Å². The molecule has 0 bridgehead atoms. The number of rotatable bonds is 8. The molecule has 1 unspecified atom stereocenters. The van der Waals surface area contributed by atoms with Gasteiger partial charge < -0.3 is 14.8 Å². The molecule has 1 atom stereocenters. The maximum absolute atomic E-state index is 13.6. The summed E-state index contributed by atoms with van der Waals surface area (Å²) in [4.78, 5) is 26.9. The second-order valence-corrected chi connectivity index (χ2v) is 9.54. The lowest BCUT2D eigenvalue weighted by Gasteiger charge is -2.38. The van der Waals surface area contributed by atoms with Crippen molar-refractivity contribution in [2.45, 2.75) is 12.8 Å². The normalized spacial score (nSPS) is 14.0. The molecule has 2 amide bonds. The summed E-state index contributed by atoms with van der Waals surface area (Å²) < 4.78 is 12.1. The van der Waals surface area contributed by atoms with Gasteiger partial charge in [0.05, 0.1) is 5.56 Å². The minimum atomic E-state index is -0.728. The molecule has 7 nitrogen and oxygen atoms in total. The van der Waals surface area contributed by atoms with Crippen molar-refractivity contribution in [3.05, 3.63) is 124 Å². The predicted molar refractivity (Wildman–Crippen MR) is 152 cm³/mol. The van der Waals surface area contributed by atoms with Gasteiger partial charge in [-0.15, -0.1) is 6.42 Å². The molecular weight excluding hydrogens is 558 g/mol. The number of para-hydroxylation sites is 1. The van der Waals surface area contributed by atoms with Gasteiger partial charge in [-0.05, 0) is 60.2 Å². The van der Waals surface area contributed by atoms with Gasteiger partial charge >= 0.3 is 0 Å². The summed E-state index contributed by atoms with van der Waals surface area (Å²) in [5.74, 6) is 2.81. The van der Waals surface area contributed by atoms with Crippen LogP contribution in [0.3, 0.4) is 0 Å². The fraction of sp³-hybridized carbons (Fsp3) is 0.0968. The second-order valence-electron chi connectivity index (χ2n) is 8.68. The number of hydrogen-bond acceptors (Lipinski definition) is 5. The van der Waals surface area contributed by atoms with Gasteiger partial charge in [-0.1, -0.05) is 64.3 Å². The minimum absolute atomic E-state index is 0.104. The molecular formula is C31H24BrN3O4. The number of halogens is 1. The van der Waals surface area contributed by atoms with Crippen molar-refractivity contribution in [2.75, 3.05) is 11.9 Å². The Bertz CT molecular complexity index is 1530. The van der Waals surface area contributed by atoms with Crippen molar-refractivity contribution in [1.82, 2.24) is 10.4 Å². The molecule has 1 heterocycles. The average Bonchev–Trinajstić information content (AvgIpc) is 2.98. The largest absolute Gasteiger partial charge is 0.489 e. The van der Waals surface area contributed by atoms with Gasteiger partial charge in [0.1, 0.15) is 30.9 Å². The zero-order valence-corrected chi connectivity index (χ0v) is 22.4. The van der Waals surface area contributed by atoms with Gasteiger partial charge in [-0.3, -0.25) is 15.0 Å². The summed E-state index contributed by atoms with van der Waals surface area (Å²) in [5, 5.41) is 4.65. The summed E-state index contributed by atoms with van der Waals surface area (Å²) in [6.07, 6.45) is 4.61. The van der Waals surface area contributed by atoms with E-state index < -0.39 is 12.1 Å². The topological polar surface area (TPSA) is 79.9 Å². The van der Waals surface area contributed by atoms with Crippen molar-refractivity contribution in [3.8, 4) is 23.8 Å². The second kappa shape index (κ2) is 11.8. The number of hydrogen-bond donors (Lipinski definition) is 2. The van der Waals surface area contributed by atoms with Crippen LogP contribution in [0.1, 0.15) is 38.0 Å². The fourth-order valence-corrected chi connectivity index (χ4v) is 4.61. The molecule has 5 rings (SSSR count). The van der Waals surface area contributed by atoms with Crippen molar-refractivity contribution in [3.63, 3.8) is 0 Å². The third-order valence-electron chi connectivity index (χ3n) is 6.10. The highest BCUT2D eigenvalue weighted by atomic mass is 79.9. The molecule has 1 aliphatic heterocycles. The molecule has 0 fully saturated rings. The number of nitrogens with one attached hydrogen (secondary N) is 2. The molecule has 1 aliphatic rings. The Kier molecular flexibility index (Phi) is 7.80. The molecule has 39 heavy (non-hydrogen) atoms. The number of carbonyl (C=O) groups excluding carboxylic acids is 2. The third kappa shape index (κ3) is 5.89. The van der Waals surface area contributed by atoms with Crippen molar-refractivity contribution >= 4 is 33.4 Å². The van der Waals surface area contributed by atoms with Crippen LogP contribution < -0.4 is 20.2 Å². The number of fused-ring (bicyclic) bond motifs is 1. The van der Waals surface area contributed by atoms with E-state index >= 15 is 0 Å². The van der Waals surface area contributed by atoms with Crippen LogP contribution in [-0.2, 0) is 6.61 Å². The summed E-state index contributed by atoms with van der Waals surface area (Å²) in [5.41, 5.74) is 5.98. The zero-order chi connectivity index (χ0) is 27.2. The third-order valence-corrected chi connectivity index (χ3v) is 6.82. The zero-order valence-electron chi connectivity index (χ0n) is 20.8. The Morgan fingerprint density at radius 1 is 0.949 bits per heavy atom. The van der Waals surface area contributed by atoms with E-state index in [0.717, 1.165) is 10.0 Å². The summed E-state index contributed by atoms with van der Waals surface area (Å²) >= 11 is 3.57. The monoisotopic (exact) mass is 581 g/mol. The molecule has 0 radical (unpaired) electrons. The van der Waals surface area contributed by atoms with Crippen LogP contribution in [0.5, 0.6) is 11.5 Å². The maximum Gasteiger partial charge on any atom is 0.276 e. The fourth-order valence-electron chi connectivity index (χ4n) is 4.15. The predicted octanol–water partition coefficient (Wildman–Crippen LogP) is 5.95. The van der Waals surface area contributed by atoms with Crippen LogP contribution in [0.4, 0.5) is 5.69 Å². The van der Waals surface area contributed by atoms with E-state index in [4.69, 9.17) is 15.9 Å². The number of ether oxygens (including phenoxy) is 2. The first-order valence-electron chi connectivity index (χ1n) is 12.2. The molecule has 8 heteroatoms. The van der Waals surface area contributed by atoms with Crippen LogP contribution in [-0.4, -0.2) is 23.4 Å². The first kappa shape index (κ1) is 25.9. The molecule has 194 valence electrons. The molecule has 4 aromatic carbocycles. The highest BCUT2D eigenvalue weighted by Crippen LogP contribution is 2.36. The van der Waals surface area contributed by atoms with Crippen molar-refractivity contribution < 1.29 is 19.1 Å². The van der Waals surface area contributed by atoms with Crippen molar-refractivity contribution in [1.29, 1.82) is 0 Å². The number of hydrazine groups is 1. The van der Waals surface area contributed by atoms with Gasteiger partial charge in [-0.2, -0.15) is 0 Å². The van der Waals surface area contributed by atoms with Gasteiger partial charge in [-0.25, -0.2) is 5.01 Å². The van der Waals surface area contributed by atoms with Gasteiger partial charge in [0.2, 0.25) is 0 Å². The lowest BCUT2D eigenvalue weighted by Crippen LogP contribution is -2.53.